The minimum absolute atomic E-state index is 0.339. The molecule has 1 aliphatic heterocycles. The molecule has 1 aromatic heterocycles. The molecule has 4 aromatic rings. The predicted molar refractivity (Wildman–Crippen MR) is 159 cm³/mol. The zero-order chi connectivity index (χ0) is 27.5. The minimum atomic E-state index is -0.884. The van der Waals surface area contributed by atoms with Gasteiger partial charge in [-0.3, -0.25) is 4.90 Å². The van der Waals surface area contributed by atoms with E-state index in [9.17, 15) is 9.90 Å². The van der Waals surface area contributed by atoms with Crippen molar-refractivity contribution < 1.29 is 19.4 Å². The summed E-state index contributed by atoms with van der Waals surface area (Å²) in [5, 5.41) is 11.0. The van der Waals surface area contributed by atoms with Crippen molar-refractivity contribution in [2.24, 2.45) is 0 Å². The molecule has 2 heterocycles. The molecule has 1 aliphatic carbocycles. The summed E-state index contributed by atoms with van der Waals surface area (Å²) in [6.45, 7) is 5.09. The molecule has 2 fully saturated rings. The highest BCUT2D eigenvalue weighted by molar-refractivity contribution is 5.98. The number of benzene rings is 3. The highest BCUT2D eigenvalue weighted by atomic mass is 16.5. The number of nitrogens with zero attached hydrogens (tertiary/aromatic N) is 2. The first-order valence-electron chi connectivity index (χ1n) is 14.6. The highest BCUT2D eigenvalue weighted by Crippen LogP contribution is 2.45. The van der Waals surface area contributed by atoms with Gasteiger partial charge in [-0.2, -0.15) is 0 Å². The molecule has 1 saturated carbocycles. The van der Waals surface area contributed by atoms with Gasteiger partial charge in [0.2, 0.25) is 0 Å². The van der Waals surface area contributed by atoms with Gasteiger partial charge in [-0.1, -0.05) is 67.8 Å². The Morgan fingerprint density at radius 2 is 1.65 bits per heavy atom. The topological polar surface area (TPSA) is 63.9 Å². The first-order valence-corrected chi connectivity index (χ1v) is 14.6. The largest absolute Gasteiger partial charge is 0.496 e. The van der Waals surface area contributed by atoms with Gasteiger partial charge in [-0.15, -0.1) is 0 Å². The third-order valence-electron chi connectivity index (χ3n) is 8.68. The Morgan fingerprint density at radius 3 is 2.38 bits per heavy atom. The lowest BCUT2D eigenvalue weighted by atomic mass is 9.81. The van der Waals surface area contributed by atoms with Crippen molar-refractivity contribution in [2.45, 2.75) is 44.6 Å². The van der Waals surface area contributed by atoms with Gasteiger partial charge in [0.25, 0.3) is 0 Å². The lowest BCUT2D eigenvalue weighted by Gasteiger charge is -2.27. The maximum absolute atomic E-state index is 12.0. The Balaban J connectivity index is 1.50. The molecule has 0 radical (unpaired) electrons. The van der Waals surface area contributed by atoms with Crippen molar-refractivity contribution in [3.63, 3.8) is 0 Å². The number of carbonyl (C=O) groups is 1. The molecule has 40 heavy (non-hydrogen) atoms. The van der Waals surface area contributed by atoms with Crippen LogP contribution in [0.1, 0.15) is 53.9 Å². The van der Waals surface area contributed by atoms with E-state index in [1.54, 1.807) is 13.2 Å². The summed E-state index contributed by atoms with van der Waals surface area (Å²) in [6.07, 6.45) is 6.12. The monoisotopic (exact) mass is 538 g/mol. The molecule has 2 aliphatic rings. The number of aromatic nitrogens is 1. The number of para-hydroxylation sites is 1. The number of aromatic carboxylic acids is 1. The fourth-order valence-corrected chi connectivity index (χ4v) is 6.61. The molecule has 3 aromatic carbocycles. The molecule has 208 valence electrons. The summed E-state index contributed by atoms with van der Waals surface area (Å²) < 4.78 is 13.6. The number of hydrogen-bond acceptors (Lipinski definition) is 4. The lowest BCUT2D eigenvalue weighted by Crippen LogP contribution is -2.38. The Hall–Kier alpha value is -3.61. The van der Waals surface area contributed by atoms with Crippen molar-refractivity contribution in [3.05, 3.63) is 77.9 Å². The van der Waals surface area contributed by atoms with E-state index in [0.29, 0.717) is 11.5 Å². The average Bonchev–Trinajstić information content (AvgIpc) is 3.34. The van der Waals surface area contributed by atoms with Crippen molar-refractivity contribution in [1.82, 2.24) is 9.47 Å². The maximum atomic E-state index is 12.0. The average molecular weight is 539 g/mol. The Bertz CT molecular complexity index is 1480. The Morgan fingerprint density at radius 1 is 0.925 bits per heavy atom. The predicted octanol–water partition coefficient (Wildman–Crippen LogP) is 7.06. The molecule has 0 atom stereocenters. The standard InChI is InChI=1S/C34H38N2O4/c1-39-31-10-6-5-9-28(31)24-11-13-26(14-12-24)33-32(25-7-3-2-4-8-25)29-16-15-27(34(37)38)23-30(29)36(33)18-17-35-19-21-40-22-20-35/h5-6,9-16,23,25H,2-4,7-8,17-22H2,1H3,(H,37,38). The highest BCUT2D eigenvalue weighted by Gasteiger charge is 2.27. The van der Waals surface area contributed by atoms with E-state index in [2.05, 4.69) is 45.9 Å². The Labute approximate surface area is 236 Å². The smallest absolute Gasteiger partial charge is 0.335 e. The molecule has 1 saturated heterocycles. The molecule has 6 heteroatoms. The summed E-state index contributed by atoms with van der Waals surface area (Å²) in [6, 6.07) is 22.7. The first kappa shape index (κ1) is 26.6. The van der Waals surface area contributed by atoms with Gasteiger partial charge in [0, 0.05) is 42.6 Å². The van der Waals surface area contributed by atoms with Gasteiger partial charge in [0.15, 0.2) is 0 Å². The van der Waals surface area contributed by atoms with E-state index in [1.807, 2.05) is 24.3 Å². The fourth-order valence-electron chi connectivity index (χ4n) is 6.61. The number of carboxylic acid groups (broad SMARTS) is 1. The van der Waals surface area contributed by atoms with Crippen LogP contribution in [-0.2, 0) is 11.3 Å². The van der Waals surface area contributed by atoms with E-state index in [-0.39, 0.29) is 0 Å². The number of ether oxygens (including phenoxy) is 2. The fraction of sp³-hybridized carbons (Fsp3) is 0.382. The lowest BCUT2D eigenvalue weighted by molar-refractivity contribution is 0.0366. The molecule has 0 spiro atoms. The van der Waals surface area contributed by atoms with Crippen LogP contribution in [0.3, 0.4) is 0 Å². The van der Waals surface area contributed by atoms with Crippen LogP contribution in [0.4, 0.5) is 0 Å². The normalized spacial score (nSPS) is 16.8. The first-order chi connectivity index (χ1) is 19.6. The number of methoxy groups -OCH3 is 1. The van der Waals surface area contributed by atoms with Gasteiger partial charge >= 0.3 is 5.97 Å². The van der Waals surface area contributed by atoms with Crippen LogP contribution in [0.2, 0.25) is 0 Å². The maximum Gasteiger partial charge on any atom is 0.335 e. The van der Waals surface area contributed by atoms with Crippen LogP contribution in [0, 0.1) is 0 Å². The van der Waals surface area contributed by atoms with E-state index in [1.165, 1.54) is 54.3 Å². The minimum Gasteiger partial charge on any atom is -0.496 e. The van der Waals surface area contributed by atoms with E-state index >= 15 is 0 Å². The zero-order valence-electron chi connectivity index (χ0n) is 23.3. The number of rotatable bonds is 8. The molecule has 6 rings (SSSR count). The van der Waals surface area contributed by atoms with Crippen LogP contribution in [0.5, 0.6) is 5.75 Å². The van der Waals surface area contributed by atoms with Crippen LogP contribution in [-0.4, -0.2) is 60.5 Å². The van der Waals surface area contributed by atoms with Gasteiger partial charge in [-0.25, -0.2) is 4.79 Å². The van der Waals surface area contributed by atoms with Gasteiger partial charge in [-0.05, 0) is 53.6 Å². The van der Waals surface area contributed by atoms with Crippen molar-refractivity contribution in [1.29, 1.82) is 0 Å². The molecule has 1 N–H and O–H groups in total. The number of hydrogen-bond donors (Lipinski definition) is 1. The van der Waals surface area contributed by atoms with Crippen LogP contribution >= 0.6 is 0 Å². The summed E-state index contributed by atoms with van der Waals surface area (Å²) in [5.74, 6) is 0.448. The van der Waals surface area contributed by atoms with E-state index < -0.39 is 5.97 Å². The molecule has 0 amide bonds. The molecule has 6 nitrogen and oxygen atoms in total. The summed E-state index contributed by atoms with van der Waals surface area (Å²) in [4.78, 5) is 14.5. The summed E-state index contributed by atoms with van der Waals surface area (Å²) >= 11 is 0. The molecular formula is C34H38N2O4. The Kier molecular flexibility index (Phi) is 7.89. The summed E-state index contributed by atoms with van der Waals surface area (Å²) in [5.41, 5.74) is 7.35. The molecular weight excluding hydrogens is 500 g/mol. The van der Waals surface area contributed by atoms with Crippen molar-refractivity contribution in [3.8, 4) is 28.1 Å². The van der Waals surface area contributed by atoms with Crippen LogP contribution in [0.15, 0.2) is 66.7 Å². The quantitative estimate of drug-likeness (QED) is 0.260. The second kappa shape index (κ2) is 11.9. The molecule has 0 unspecified atom stereocenters. The SMILES string of the molecule is COc1ccccc1-c1ccc(-c2c(C3CCCCC3)c3ccc(C(=O)O)cc3n2CCN2CCOCC2)cc1. The third kappa shape index (κ3) is 5.26. The third-order valence-corrected chi connectivity index (χ3v) is 8.68. The number of carboxylic acids is 1. The summed E-state index contributed by atoms with van der Waals surface area (Å²) in [7, 11) is 1.71. The van der Waals surface area contributed by atoms with Crippen molar-refractivity contribution in [2.75, 3.05) is 40.0 Å². The van der Waals surface area contributed by atoms with Gasteiger partial charge in [0.05, 0.1) is 31.6 Å². The number of fused-ring (bicyclic) bond motifs is 1. The van der Waals surface area contributed by atoms with Crippen molar-refractivity contribution >= 4 is 16.9 Å². The van der Waals surface area contributed by atoms with E-state index in [4.69, 9.17) is 9.47 Å². The molecule has 0 bridgehead atoms. The van der Waals surface area contributed by atoms with Gasteiger partial charge < -0.3 is 19.1 Å². The number of morpholine rings is 1. The van der Waals surface area contributed by atoms with Crippen LogP contribution in [0.25, 0.3) is 33.3 Å². The van der Waals surface area contributed by atoms with Gasteiger partial charge in [0.1, 0.15) is 5.75 Å². The van der Waals surface area contributed by atoms with E-state index in [0.717, 1.165) is 61.8 Å². The van der Waals surface area contributed by atoms with Crippen LogP contribution < -0.4 is 4.74 Å². The second-order valence-corrected chi connectivity index (χ2v) is 11.0. The zero-order valence-corrected chi connectivity index (χ0v) is 23.3. The second-order valence-electron chi connectivity index (χ2n) is 11.0.